The quantitative estimate of drug-likeness (QED) is 0.839. The lowest BCUT2D eigenvalue weighted by molar-refractivity contribution is -0.122. The van der Waals surface area contributed by atoms with Gasteiger partial charge in [-0.15, -0.1) is 11.3 Å². The van der Waals surface area contributed by atoms with Crippen LogP contribution in [0.15, 0.2) is 14.3 Å². The third kappa shape index (κ3) is 4.08. The Bertz CT molecular complexity index is 414. The Morgan fingerprint density at radius 3 is 2.59 bits per heavy atom. The Morgan fingerprint density at radius 2 is 2.12 bits per heavy atom. The number of carbonyl (C=O) groups excluding carboxylic acids is 2. The molecule has 7 heteroatoms. The molecule has 0 aliphatic heterocycles. The molecule has 0 spiro atoms. The fourth-order valence-electron chi connectivity index (χ4n) is 1.12. The van der Waals surface area contributed by atoms with Crippen LogP contribution < -0.4 is 10.6 Å². The molecule has 0 saturated carbocycles. The second-order valence-corrected chi connectivity index (χ2v) is 6.55. The molecule has 0 aliphatic rings. The summed E-state index contributed by atoms with van der Waals surface area (Å²) in [6.07, 6.45) is 0. The van der Waals surface area contributed by atoms with Crippen molar-refractivity contribution in [2.24, 2.45) is 0 Å². The Balaban J connectivity index is 2.63. The first-order valence-corrected chi connectivity index (χ1v) is 7.39. The molecule has 0 aromatic carbocycles. The molecule has 2 N–H and O–H groups in total. The van der Waals surface area contributed by atoms with E-state index in [0.717, 1.165) is 8.26 Å². The number of amides is 2. The van der Waals surface area contributed by atoms with E-state index in [1.54, 1.807) is 13.0 Å². The van der Waals surface area contributed by atoms with Gasteiger partial charge < -0.3 is 10.6 Å². The van der Waals surface area contributed by atoms with E-state index < -0.39 is 6.04 Å². The highest BCUT2D eigenvalue weighted by molar-refractivity contribution is 9.13. The highest BCUT2D eigenvalue weighted by Crippen LogP contribution is 2.32. The SMILES string of the molecule is CCNC(=O)[C@H](C)NC(=O)c1cc(Br)c(Br)s1. The van der Waals surface area contributed by atoms with Gasteiger partial charge >= 0.3 is 0 Å². The second-order valence-electron chi connectivity index (χ2n) is 3.32. The van der Waals surface area contributed by atoms with Gasteiger partial charge in [0.15, 0.2) is 0 Å². The van der Waals surface area contributed by atoms with Crippen LogP contribution >= 0.6 is 43.2 Å². The summed E-state index contributed by atoms with van der Waals surface area (Å²) in [4.78, 5) is 23.8. The lowest BCUT2D eigenvalue weighted by atomic mass is 10.3. The molecule has 0 bridgehead atoms. The molecule has 1 rings (SSSR count). The van der Waals surface area contributed by atoms with Crippen LogP contribution in [0.4, 0.5) is 0 Å². The van der Waals surface area contributed by atoms with Gasteiger partial charge in [0, 0.05) is 11.0 Å². The number of hydrogen-bond acceptors (Lipinski definition) is 3. The topological polar surface area (TPSA) is 58.2 Å². The molecule has 4 nitrogen and oxygen atoms in total. The van der Waals surface area contributed by atoms with Crippen LogP contribution in [0.1, 0.15) is 23.5 Å². The van der Waals surface area contributed by atoms with Crippen LogP contribution in [0.25, 0.3) is 0 Å². The van der Waals surface area contributed by atoms with Gasteiger partial charge in [-0.25, -0.2) is 0 Å². The Hall–Kier alpha value is -0.400. The molecule has 94 valence electrons. The summed E-state index contributed by atoms with van der Waals surface area (Å²) >= 11 is 7.94. The van der Waals surface area contributed by atoms with Gasteiger partial charge in [-0.3, -0.25) is 9.59 Å². The lowest BCUT2D eigenvalue weighted by Crippen LogP contribution is -2.44. The van der Waals surface area contributed by atoms with Crippen molar-refractivity contribution in [1.29, 1.82) is 0 Å². The lowest BCUT2D eigenvalue weighted by Gasteiger charge is -2.12. The van der Waals surface area contributed by atoms with Crippen molar-refractivity contribution in [1.82, 2.24) is 10.6 Å². The predicted molar refractivity (Wildman–Crippen MR) is 75.3 cm³/mol. The molecule has 0 aliphatic carbocycles. The highest BCUT2D eigenvalue weighted by atomic mass is 79.9. The number of carbonyl (C=O) groups is 2. The maximum atomic E-state index is 11.8. The second kappa shape index (κ2) is 6.51. The summed E-state index contributed by atoms with van der Waals surface area (Å²) in [6, 6.07) is 1.18. The van der Waals surface area contributed by atoms with Crippen LogP contribution in [0.3, 0.4) is 0 Å². The zero-order valence-electron chi connectivity index (χ0n) is 9.34. The van der Waals surface area contributed by atoms with E-state index in [1.807, 2.05) is 6.92 Å². The first kappa shape index (κ1) is 14.7. The summed E-state index contributed by atoms with van der Waals surface area (Å²) < 4.78 is 1.69. The van der Waals surface area contributed by atoms with Crippen LogP contribution in [-0.2, 0) is 4.79 Å². The van der Waals surface area contributed by atoms with Crippen molar-refractivity contribution in [3.8, 4) is 0 Å². The van der Waals surface area contributed by atoms with Crippen molar-refractivity contribution in [2.75, 3.05) is 6.54 Å². The molecular formula is C10H12Br2N2O2S. The molecular weight excluding hydrogens is 372 g/mol. The largest absolute Gasteiger partial charge is 0.355 e. The Morgan fingerprint density at radius 1 is 1.47 bits per heavy atom. The van der Waals surface area contributed by atoms with Crippen molar-refractivity contribution in [3.63, 3.8) is 0 Å². The molecule has 1 atom stereocenters. The van der Waals surface area contributed by atoms with Crippen molar-refractivity contribution in [2.45, 2.75) is 19.9 Å². The third-order valence-electron chi connectivity index (χ3n) is 1.96. The van der Waals surface area contributed by atoms with Crippen LogP contribution in [0, 0.1) is 0 Å². The van der Waals surface area contributed by atoms with E-state index in [1.165, 1.54) is 11.3 Å². The molecule has 1 aromatic rings. The molecule has 0 radical (unpaired) electrons. The zero-order chi connectivity index (χ0) is 13.0. The van der Waals surface area contributed by atoms with Crippen molar-refractivity contribution in [3.05, 3.63) is 19.2 Å². The van der Waals surface area contributed by atoms with Crippen LogP contribution in [-0.4, -0.2) is 24.4 Å². The summed E-state index contributed by atoms with van der Waals surface area (Å²) in [6.45, 7) is 4.04. The van der Waals surface area contributed by atoms with Crippen LogP contribution in [0.2, 0.25) is 0 Å². The van der Waals surface area contributed by atoms with Gasteiger partial charge in [-0.2, -0.15) is 0 Å². The zero-order valence-corrected chi connectivity index (χ0v) is 13.3. The average molecular weight is 384 g/mol. The maximum absolute atomic E-state index is 11.8. The minimum absolute atomic E-state index is 0.185. The van der Waals surface area contributed by atoms with Gasteiger partial charge in [0.2, 0.25) is 5.91 Å². The summed E-state index contributed by atoms with van der Waals surface area (Å²) in [5, 5.41) is 5.29. The first-order valence-electron chi connectivity index (χ1n) is 4.99. The number of nitrogens with one attached hydrogen (secondary N) is 2. The van der Waals surface area contributed by atoms with E-state index >= 15 is 0 Å². The minimum atomic E-state index is -0.540. The maximum Gasteiger partial charge on any atom is 0.262 e. The van der Waals surface area contributed by atoms with Gasteiger partial charge in [0.05, 0.1) is 8.66 Å². The van der Waals surface area contributed by atoms with E-state index in [9.17, 15) is 9.59 Å². The van der Waals surface area contributed by atoms with E-state index in [-0.39, 0.29) is 11.8 Å². The van der Waals surface area contributed by atoms with E-state index in [0.29, 0.717) is 11.4 Å². The van der Waals surface area contributed by atoms with E-state index in [2.05, 4.69) is 42.5 Å². The number of hydrogen-bond donors (Lipinski definition) is 2. The molecule has 0 unspecified atom stereocenters. The number of rotatable bonds is 4. The van der Waals surface area contributed by atoms with E-state index in [4.69, 9.17) is 0 Å². The fourth-order valence-corrected chi connectivity index (χ4v) is 3.06. The first-order chi connectivity index (χ1) is 7.95. The summed E-state index contributed by atoms with van der Waals surface area (Å²) in [5.41, 5.74) is 0. The molecule has 1 aromatic heterocycles. The summed E-state index contributed by atoms with van der Waals surface area (Å²) in [7, 11) is 0. The van der Waals surface area contributed by atoms with Crippen LogP contribution in [0.5, 0.6) is 0 Å². The van der Waals surface area contributed by atoms with Crippen molar-refractivity contribution < 1.29 is 9.59 Å². The number of halogens is 2. The Kier molecular flexibility index (Phi) is 5.61. The molecule has 17 heavy (non-hydrogen) atoms. The molecule has 0 saturated heterocycles. The van der Waals surface area contributed by atoms with Gasteiger partial charge in [-0.05, 0) is 51.8 Å². The predicted octanol–water partition coefficient (Wildman–Crippen LogP) is 2.53. The number of thiophene rings is 1. The van der Waals surface area contributed by atoms with Gasteiger partial charge in [-0.1, -0.05) is 0 Å². The Labute approximate surface area is 120 Å². The molecule has 2 amide bonds. The number of likely N-dealkylation sites (N-methyl/N-ethyl adjacent to an activating group) is 1. The monoisotopic (exact) mass is 382 g/mol. The molecule has 0 fully saturated rings. The van der Waals surface area contributed by atoms with Gasteiger partial charge in [0.1, 0.15) is 6.04 Å². The van der Waals surface area contributed by atoms with Crippen molar-refractivity contribution >= 4 is 55.0 Å². The standard InChI is InChI=1S/C10H12Br2N2O2S/c1-3-13-9(15)5(2)14-10(16)7-4-6(11)8(12)17-7/h4-5H,3H2,1-2H3,(H,13,15)(H,14,16)/t5-/m0/s1. The minimum Gasteiger partial charge on any atom is -0.355 e. The summed E-state index contributed by atoms with van der Waals surface area (Å²) in [5.74, 6) is -0.435. The highest BCUT2D eigenvalue weighted by Gasteiger charge is 2.18. The smallest absolute Gasteiger partial charge is 0.262 e. The fraction of sp³-hybridized carbons (Fsp3) is 0.400. The molecule has 1 heterocycles. The third-order valence-corrected chi connectivity index (χ3v) is 5.22. The average Bonchev–Trinajstić information content (AvgIpc) is 2.59. The normalized spacial score (nSPS) is 12.0. The van der Waals surface area contributed by atoms with Gasteiger partial charge in [0.25, 0.3) is 5.91 Å².